The molecule has 2 fully saturated rings. The molecule has 2 N–H and O–H groups in total. The zero-order chi connectivity index (χ0) is 14.3. The average Bonchev–Trinajstić information content (AvgIpc) is 2.47. The first-order chi connectivity index (χ1) is 8.71. The first-order valence-corrected chi connectivity index (χ1v) is 8.00. The number of hydrogen-bond acceptors (Lipinski definition) is 2. The van der Waals surface area contributed by atoms with Gasteiger partial charge in [-0.1, -0.05) is 34.6 Å². The van der Waals surface area contributed by atoms with Crippen LogP contribution in [0.2, 0.25) is 0 Å². The Labute approximate surface area is 123 Å². The fourth-order valence-corrected chi connectivity index (χ4v) is 4.24. The van der Waals surface area contributed by atoms with Crippen molar-refractivity contribution < 1.29 is 0 Å². The van der Waals surface area contributed by atoms with Crippen molar-refractivity contribution in [1.29, 1.82) is 0 Å². The lowest BCUT2D eigenvalue weighted by Crippen LogP contribution is -2.57. The maximum atomic E-state index is 5.51. The van der Waals surface area contributed by atoms with Crippen LogP contribution in [0.4, 0.5) is 0 Å². The summed E-state index contributed by atoms with van der Waals surface area (Å²) in [6.07, 6.45) is 4.78. The van der Waals surface area contributed by atoms with E-state index in [2.05, 4.69) is 50.4 Å². The van der Waals surface area contributed by atoms with Crippen LogP contribution in [0.15, 0.2) is 0 Å². The molecule has 1 saturated carbocycles. The second-order valence-electron chi connectivity index (χ2n) is 7.81. The Hall–Kier alpha value is -0.350. The molecule has 3 nitrogen and oxygen atoms in total. The van der Waals surface area contributed by atoms with Gasteiger partial charge in [0.05, 0.1) is 0 Å². The molecular weight excluding hydrogens is 254 g/mol. The second-order valence-corrected chi connectivity index (χ2v) is 8.20. The Morgan fingerprint density at radius 1 is 1.37 bits per heavy atom. The van der Waals surface area contributed by atoms with E-state index in [4.69, 9.17) is 12.2 Å². The number of nitrogens with one attached hydrogen (secondary N) is 2. The van der Waals surface area contributed by atoms with Gasteiger partial charge in [0.15, 0.2) is 5.11 Å². The molecule has 19 heavy (non-hydrogen) atoms. The number of rotatable bonds is 3. The number of hydrazine groups is 1. The Bertz CT molecular complexity index is 353. The van der Waals surface area contributed by atoms with Crippen molar-refractivity contribution in [3.05, 3.63) is 0 Å². The maximum Gasteiger partial charge on any atom is 0.185 e. The Balaban J connectivity index is 2.04. The van der Waals surface area contributed by atoms with Gasteiger partial charge in [-0.05, 0) is 55.2 Å². The summed E-state index contributed by atoms with van der Waals surface area (Å²) in [4.78, 5) is 0. The summed E-state index contributed by atoms with van der Waals surface area (Å²) in [5.74, 6) is 1.44. The average molecular weight is 283 g/mol. The lowest BCUT2D eigenvalue weighted by Gasteiger charge is -2.45. The molecule has 1 saturated heterocycles. The third kappa shape index (κ3) is 3.60. The van der Waals surface area contributed by atoms with Crippen LogP contribution in [0.1, 0.15) is 60.3 Å². The van der Waals surface area contributed by atoms with Crippen molar-refractivity contribution in [3.8, 4) is 0 Å². The highest BCUT2D eigenvalue weighted by Crippen LogP contribution is 2.44. The fourth-order valence-electron chi connectivity index (χ4n) is 3.91. The predicted molar refractivity (Wildman–Crippen MR) is 84.6 cm³/mol. The van der Waals surface area contributed by atoms with Gasteiger partial charge in [0.2, 0.25) is 0 Å². The monoisotopic (exact) mass is 283 g/mol. The minimum atomic E-state index is -0.00473. The second kappa shape index (κ2) is 5.21. The van der Waals surface area contributed by atoms with Crippen LogP contribution in [0.25, 0.3) is 0 Å². The van der Waals surface area contributed by atoms with E-state index in [9.17, 15) is 0 Å². The third-order valence-corrected chi connectivity index (χ3v) is 4.57. The number of thiocarbonyl (C=S) groups is 1. The Morgan fingerprint density at radius 3 is 2.63 bits per heavy atom. The van der Waals surface area contributed by atoms with E-state index in [-0.39, 0.29) is 5.66 Å². The quantitative estimate of drug-likeness (QED) is 0.777. The highest BCUT2D eigenvalue weighted by atomic mass is 32.1. The molecule has 0 aromatic heterocycles. The SMILES string of the molecule is CC(C)CCN1NC2(CC(C)CC(C)(C)C2)NC1=S. The first kappa shape index (κ1) is 15.0. The van der Waals surface area contributed by atoms with Gasteiger partial charge in [0, 0.05) is 6.54 Å². The predicted octanol–water partition coefficient (Wildman–Crippen LogP) is 3.27. The largest absolute Gasteiger partial charge is 0.342 e. The summed E-state index contributed by atoms with van der Waals surface area (Å²) < 4.78 is 0. The molecule has 0 aromatic carbocycles. The maximum absolute atomic E-state index is 5.51. The smallest absolute Gasteiger partial charge is 0.185 e. The molecule has 2 unspecified atom stereocenters. The lowest BCUT2D eigenvalue weighted by molar-refractivity contribution is 0.0555. The molecule has 0 aromatic rings. The molecule has 1 aliphatic carbocycles. The normalized spacial score (nSPS) is 34.1. The molecule has 0 amide bonds. The van der Waals surface area contributed by atoms with Gasteiger partial charge in [-0.15, -0.1) is 0 Å². The van der Waals surface area contributed by atoms with E-state index in [1.807, 2.05) is 0 Å². The number of nitrogens with zero attached hydrogens (tertiary/aromatic N) is 1. The summed E-state index contributed by atoms with van der Waals surface area (Å²) in [5.41, 5.74) is 4.05. The number of hydrogen-bond donors (Lipinski definition) is 2. The highest BCUT2D eigenvalue weighted by molar-refractivity contribution is 7.80. The molecule has 2 rings (SSSR count). The van der Waals surface area contributed by atoms with Crippen LogP contribution in [0.5, 0.6) is 0 Å². The van der Waals surface area contributed by atoms with Crippen molar-refractivity contribution in [1.82, 2.24) is 15.8 Å². The van der Waals surface area contributed by atoms with Gasteiger partial charge >= 0.3 is 0 Å². The minimum absolute atomic E-state index is 0.00473. The molecule has 0 bridgehead atoms. The van der Waals surface area contributed by atoms with E-state index in [0.717, 1.165) is 30.4 Å². The van der Waals surface area contributed by atoms with Crippen LogP contribution in [0, 0.1) is 17.3 Å². The van der Waals surface area contributed by atoms with Crippen molar-refractivity contribution in [2.24, 2.45) is 17.3 Å². The van der Waals surface area contributed by atoms with Crippen LogP contribution in [0.3, 0.4) is 0 Å². The van der Waals surface area contributed by atoms with Crippen LogP contribution in [-0.4, -0.2) is 22.3 Å². The summed E-state index contributed by atoms with van der Waals surface area (Å²) in [5, 5.41) is 6.61. The van der Waals surface area contributed by atoms with Gasteiger partial charge in [-0.3, -0.25) is 5.01 Å². The summed E-state index contributed by atoms with van der Waals surface area (Å²) in [6.45, 7) is 12.6. The fraction of sp³-hybridized carbons (Fsp3) is 0.933. The van der Waals surface area contributed by atoms with Crippen LogP contribution >= 0.6 is 12.2 Å². The Kier molecular flexibility index (Phi) is 4.12. The van der Waals surface area contributed by atoms with Crippen molar-refractivity contribution in [2.75, 3.05) is 6.54 Å². The van der Waals surface area contributed by atoms with Gasteiger partial charge < -0.3 is 5.32 Å². The van der Waals surface area contributed by atoms with E-state index >= 15 is 0 Å². The molecule has 4 heteroatoms. The summed E-state index contributed by atoms with van der Waals surface area (Å²) >= 11 is 5.51. The van der Waals surface area contributed by atoms with Gasteiger partial charge in [0.1, 0.15) is 5.66 Å². The van der Waals surface area contributed by atoms with Crippen molar-refractivity contribution in [2.45, 2.75) is 66.0 Å². The van der Waals surface area contributed by atoms with Gasteiger partial charge in [-0.2, -0.15) is 0 Å². The van der Waals surface area contributed by atoms with Crippen molar-refractivity contribution in [3.63, 3.8) is 0 Å². The third-order valence-electron chi connectivity index (χ3n) is 4.25. The Morgan fingerprint density at radius 2 is 2.05 bits per heavy atom. The highest BCUT2D eigenvalue weighted by Gasteiger charge is 2.48. The molecule has 1 aliphatic heterocycles. The van der Waals surface area contributed by atoms with E-state index in [1.54, 1.807) is 0 Å². The van der Waals surface area contributed by atoms with Gasteiger partial charge in [-0.25, -0.2) is 5.43 Å². The molecule has 1 spiro atoms. The van der Waals surface area contributed by atoms with E-state index in [0.29, 0.717) is 11.3 Å². The van der Waals surface area contributed by atoms with Crippen LogP contribution < -0.4 is 10.7 Å². The molecule has 2 atom stereocenters. The molecule has 0 radical (unpaired) electrons. The summed E-state index contributed by atoms with van der Waals surface area (Å²) in [7, 11) is 0. The zero-order valence-corrected chi connectivity index (χ0v) is 13.9. The molecule has 1 heterocycles. The zero-order valence-electron chi connectivity index (χ0n) is 13.0. The van der Waals surface area contributed by atoms with E-state index < -0.39 is 0 Å². The molecule has 2 aliphatic rings. The first-order valence-electron chi connectivity index (χ1n) is 7.59. The minimum Gasteiger partial charge on any atom is -0.342 e. The van der Waals surface area contributed by atoms with Gasteiger partial charge in [0.25, 0.3) is 0 Å². The van der Waals surface area contributed by atoms with Crippen LogP contribution in [-0.2, 0) is 0 Å². The standard InChI is InChI=1S/C15H29N3S/c1-11(2)6-7-18-13(19)16-15(17-18)9-12(3)8-14(4,5)10-15/h11-12,17H,6-10H2,1-5H3,(H,16,19). The molecule has 110 valence electrons. The topological polar surface area (TPSA) is 27.3 Å². The van der Waals surface area contributed by atoms with E-state index in [1.165, 1.54) is 12.8 Å². The molecular formula is C15H29N3S. The van der Waals surface area contributed by atoms with Crippen molar-refractivity contribution >= 4 is 17.3 Å². The summed E-state index contributed by atoms with van der Waals surface area (Å²) in [6, 6.07) is 0. The lowest BCUT2D eigenvalue weighted by atomic mass is 9.68.